The number of nitrogens with zero attached hydrogens (tertiary/aromatic N) is 3. The van der Waals surface area contributed by atoms with Crippen molar-refractivity contribution in [2.24, 2.45) is 0 Å². The first-order valence-corrected chi connectivity index (χ1v) is 4.57. The lowest BCUT2D eigenvalue weighted by Crippen LogP contribution is -2.53. The summed E-state index contributed by atoms with van der Waals surface area (Å²) in [5.41, 5.74) is 0. The molecular weight excluding hydrogens is 214 g/mol. The molecule has 0 spiro atoms. The van der Waals surface area contributed by atoms with Gasteiger partial charge in [0.25, 0.3) is 5.91 Å². The summed E-state index contributed by atoms with van der Waals surface area (Å²) in [5.74, 6) is -1.09. The molecule has 8 nitrogen and oxygen atoms in total. The largest absolute Gasteiger partial charge is 0.317 e. The molecule has 1 fully saturated rings. The number of carbonyl (C=O) groups is 3. The van der Waals surface area contributed by atoms with Crippen LogP contribution in [0.2, 0.25) is 0 Å². The summed E-state index contributed by atoms with van der Waals surface area (Å²) in [7, 11) is 0. The zero-order valence-electron chi connectivity index (χ0n) is 8.48. The minimum atomic E-state index is -0.535. The maximum atomic E-state index is 11.8. The molecule has 8 heteroatoms. The van der Waals surface area contributed by atoms with Crippen LogP contribution in [0.25, 0.3) is 0 Å². The molecule has 1 aliphatic rings. The van der Waals surface area contributed by atoms with Gasteiger partial charge in [-0.25, -0.2) is 4.98 Å². The number of aryl methyl sites for hydroxylation is 1. The van der Waals surface area contributed by atoms with Gasteiger partial charge < -0.3 is 4.90 Å². The van der Waals surface area contributed by atoms with Gasteiger partial charge in [-0.3, -0.25) is 24.8 Å². The van der Waals surface area contributed by atoms with Crippen molar-refractivity contribution in [1.29, 1.82) is 0 Å². The van der Waals surface area contributed by atoms with Crippen LogP contribution >= 0.6 is 0 Å². The van der Waals surface area contributed by atoms with E-state index in [2.05, 4.69) is 20.5 Å². The van der Waals surface area contributed by atoms with Crippen LogP contribution in [0.4, 0.5) is 0 Å². The number of carbonyl (C=O) groups excluding carboxylic acids is 3. The second-order valence-electron chi connectivity index (χ2n) is 3.38. The van der Waals surface area contributed by atoms with Crippen molar-refractivity contribution in [3.8, 4) is 0 Å². The van der Waals surface area contributed by atoms with Crippen molar-refractivity contribution in [3.63, 3.8) is 0 Å². The molecule has 0 aromatic carbocycles. The smallest absolute Gasteiger partial charge is 0.294 e. The third-order valence-corrected chi connectivity index (χ3v) is 2.02. The first-order chi connectivity index (χ1) is 7.56. The summed E-state index contributed by atoms with van der Waals surface area (Å²) in [6, 6.07) is 0. The average molecular weight is 223 g/mol. The van der Waals surface area contributed by atoms with Crippen LogP contribution in [-0.2, 0) is 9.59 Å². The van der Waals surface area contributed by atoms with Crippen molar-refractivity contribution in [2.45, 2.75) is 6.92 Å². The number of imide groups is 1. The highest BCUT2D eigenvalue weighted by atomic mass is 16.2. The normalized spacial score (nSPS) is 16.2. The van der Waals surface area contributed by atoms with E-state index in [1.807, 2.05) is 0 Å². The molecule has 0 unspecified atom stereocenters. The summed E-state index contributed by atoms with van der Waals surface area (Å²) >= 11 is 0. The second kappa shape index (κ2) is 3.72. The SMILES string of the molecule is Cc1nc(C(=O)N2CC(=O)NC(=O)C2)n[nH]1. The van der Waals surface area contributed by atoms with E-state index in [9.17, 15) is 14.4 Å². The van der Waals surface area contributed by atoms with Gasteiger partial charge in [-0.2, -0.15) is 0 Å². The van der Waals surface area contributed by atoms with Crippen LogP contribution in [0.3, 0.4) is 0 Å². The Labute approximate surface area is 90.0 Å². The van der Waals surface area contributed by atoms with E-state index in [0.29, 0.717) is 5.82 Å². The quantitative estimate of drug-likeness (QED) is 0.547. The number of aromatic amines is 1. The van der Waals surface area contributed by atoms with E-state index in [-0.39, 0.29) is 18.9 Å². The van der Waals surface area contributed by atoms with Crippen LogP contribution in [0.1, 0.15) is 16.4 Å². The Morgan fingerprint density at radius 1 is 1.31 bits per heavy atom. The van der Waals surface area contributed by atoms with Gasteiger partial charge in [-0.15, -0.1) is 5.10 Å². The lowest BCUT2D eigenvalue weighted by Gasteiger charge is -2.23. The van der Waals surface area contributed by atoms with Crippen molar-refractivity contribution in [2.75, 3.05) is 13.1 Å². The molecule has 2 heterocycles. The number of aromatic nitrogens is 3. The molecule has 0 bridgehead atoms. The Hall–Kier alpha value is -2.25. The zero-order chi connectivity index (χ0) is 11.7. The number of nitrogens with one attached hydrogen (secondary N) is 2. The fourth-order valence-corrected chi connectivity index (χ4v) is 1.36. The number of amides is 3. The van der Waals surface area contributed by atoms with Gasteiger partial charge in [-0.05, 0) is 6.92 Å². The third kappa shape index (κ3) is 1.90. The van der Waals surface area contributed by atoms with Crippen molar-refractivity contribution in [3.05, 3.63) is 11.6 Å². The summed E-state index contributed by atoms with van der Waals surface area (Å²) in [6.45, 7) is 1.34. The van der Waals surface area contributed by atoms with Gasteiger partial charge >= 0.3 is 0 Å². The Morgan fingerprint density at radius 2 is 1.94 bits per heavy atom. The molecule has 0 saturated carbocycles. The number of hydrogen-bond donors (Lipinski definition) is 2. The molecule has 1 aromatic rings. The van der Waals surface area contributed by atoms with Crippen LogP contribution < -0.4 is 5.32 Å². The molecule has 1 aliphatic heterocycles. The summed E-state index contributed by atoms with van der Waals surface area (Å²) in [4.78, 5) is 38.8. The maximum absolute atomic E-state index is 11.8. The van der Waals surface area contributed by atoms with Gasteiger partial charge in [0.05, 0.1) is 0 Å². The predicted molar refractivity (Wildman–Crippen MR) is 50.2 cm³/mol. The Morgan fingerprint density at radius 3 is 2.44 bits per heavy atom. The fraction of sp³-hybridized carbons (Fsp3) is 0.375. The molecule has 3 amide bonds. The fourth-order valence-electron chi connectivity index (χ4n) is 1.36. The van der Waals surface area contributed by atoms with E-state index >= 15 is 0 Å². The van der Waals surface area contributed by atoms with E-state index in [1.165, 1.54) is 0 Å². The summed E-state index contributed by atoms with van der Waals surface area (Å²) < 4.78 is 0. The third-order valence-electron chi connectivity index (χ3n) is 2.02. The van der Waals surface area contributed by atoms with E-state index in [0.717, 1.165) is 4.90 Å². The molecule has 2 rings (SSSR count). The van der Waals surface area contributed by atoms with Crippen LogP contribution in [0.15, 0.2) is 0 Å². The van der Waals surface area contributed by atoms with E-state index in [1.54, 1.807) is 6.92 Å². The topological polar surface area (TPSA) is 108 Å². The highest BCUT2D eigenvalue weighted by Crippen LogP contribution is 2.02. The molecule has 84 valence electrons. The summed E-state index contributed by atoms with van der Waals surface area (Å²) in [5, 5.41) is 8.29. The Kier molecular flexibility index (Phi) is 2.39. The molecule has 0 atom stereocenters. The van der Waals surface area contributed by atoms with Crippen LogP contribution in [0, 0.1) is 6.92 Å². The first kappa shape index (κ1) is 10.3. The standard InChI is InChI=1S/C8H9N5O3/c1-4-9-7(12-11-4)8(16)13-2-5(14)10-6(15)3-13/h2-3H2,1H3,(H,9,11,12)(H,10,14,15). The van der Waals surface area contributed by atoms with Gasteiger partial charge in [0, 0.05) is 0 Å². The highest BCUT2D eigenvalue weighted by molar-refractivity contribution is 6.04. The number of H-pyrrole nitrogens is 1. The maximum Gasteiger partial charge on any atom is 0.294 e. The average Bonchev–Trinajstić information content (AvgIpc) is 2.62. The lowest BCUT2D eigenvalue weighted by molar-refractivity contribution is -0.135. The molecular formula is C8H9N5O3. The molecule has 16 heavy (non-hydrogen) atoms. The van der Waals surface area contributed by atoms with Gasteiger partial charge in [0.15, 0.2) is 0 Å². The first-order valence-electron chi connectivity index (χ1n) is 4.57. The van der Waals surface area contributed by atoms with Gasteiger partial charge in [0.1, 0.15) is 18.9 Å². The Balaban J connectivity index is 2.15. The van der Waals surface area contributed by atoms with Crippen molar-refractivity contribution >= 4 is 17.7 Å². The number of piperazine rings is 1. The molecule has 0 radical (unpaired) electrons. The number of hydrogen-bond acceptors (Lipinski definition) is 5. The summed E-state index contributed by atoms with van der Waals surface area (Å²) in [6.07, 6.45) is 0. The lowest BCUT2D eigenvalue weighted by atomic mass is 10.3. The van der Waals surface area contributed by atoms with Crippen LogP contribution in [-0.4, -0.2) is 50.9 Å². The second-order valence-corrected chi connectivity index (χ2v) is 3.38. The molecule has 0 aliphatic carbocycles. The van der Waals surface area contributed by atoms with Crippen molar-refractivity contribution in [1.82, 2.24) is 25.4 Å². The van der Waals surface area contributed by atoms with E-state index in [4.69, 9.17) is 0 Å². The predicted octanol–water partition coefficient (Wildman–Crippen LogP) is -1.79. The van der Waals surface area contributed by atoms with Gasteiger partial charge in [-0.1, -0.05) is 0 Å². The minimum Gasteiger partial charge on any atom is -0.317 e. The van der Waals surface area contributed by atoms with Gasteiger partial charge in [0.2, 0.25) is 17.6 Å². The molecule has 2 N–H and O–H groups in total. The molecule has 1 aromatic heterocycles. The molecule has 1 saturated heterocycles. The minimum absolute atomic E-state index is 0.0417. The van der Waals surface area contributed by atoms with E-state index < -0.39 is 17.7 Å². The Bertz CT molecular complexity index is 450. The monoisotopic (exact) mass is 223 g/mol. The van der Waals surface area contributed by atoms with Crippen LogP contribution in [0.5, 0.6) is 0 Å². The van der Waals surface area contributed by atoms with Crippen molar-refractivity contribution < 1.29 is 14.4 Å². The number of rotatable bonds is 1. The highest BCUT2D eigenvalue weighted by Gasteiger charge is 2.28. The zero-order valence-corrected chi connectivity index (χ0v) is 8.48.